The van der Waals surface area contributed by atoms with Crippen LogP contribution >= 0.6 is 23.4 Å². The maximum absolute atomic E-state index is 12.6. The average Bonchev–Trinajstić information content (AvgIpc) is 3.08. The fraction of sp³-hybridized carbons (Fsp3) is 0.182. The highest BCUT2D eigenvalue weighted by Crippen LogP contribution is 2.21. The van der Waals surface area contributed by atoms with Crippen LogP contribution in [0.15, 0.2) is 70.5 Å². The molecule has 0 saturated heterocycles. The van der Waals surface area contributed by atoms with E-state index in [1.54, 1.807) is 6.07 Å². The van der Waals surface area contributed by atoms with Crippen LogP contribution in [0.3, 0.4) is 0 Å². The smallest absolute Gasteiger partial charge is 0.350 e. The van der Waals surface area contributed by atoms with Crippen molar-refractivity contribution >= 4 is 34.9 Å². The van der Waals surface area contributed by atoms with Gasteiger partial charge in [0.2, 0.25) is 5.91 Å². The summed E-state index contributed by atoms with van der Waals surface area (Å²) in [7, 11) is 0. The van der Waals surface area contributed by atoms with Crippen molar-refractivity contribution in [3.8, 4) is 0 Å². The number of fused-ring (bicyclic) bond motifs is 1. The molecular formula is C22H20ClN5O2S. The molecule has 31 heavy (non-hydrogen) atoms. The number of nitrogens with zero attached hydrogens (tertiary/aromatic N) is 4. The molecule has 0 spiro atoms. The summed E-state index contributed by atoms with van der Waals surface area (Å²) < 4.78 is 2.35. The van der Waals surface area contributed by atoms with Crippen LogP contribution in [0, 0.1) is 6.92 Å². The number of carbonyl (C=O) groups excluding carboxylic acids is 1. The van der Waals surface area contributed by atoms with E-state index in [0.29, 0.717) is 28.0 Å². The van der Waals surface area contributed by atoms with E-state index in [1.165, 1.54) is 16.3 Å². The first-order valence-corrected chi connectivity index (χ1v) is 11.0. The Morgan fingerprint density at radius 2 is 1.71 bits per heavy atom. The van der Waals surface area contributed by atoms with E-state index in [9.17, 15) is 9.59 Å². The summed E-state index contributed by atoms with van der Waals surface area (Å²) in [6.07, 6.45) is 0. The zero-order valence-corrected chi connectivity index (χ0v) is 18.4. The predicted molar refractivity (Wildman–Crippen MR) is 121 cm³/mol. The number of benzene rings is 2. The average molecular weight is 454 g/mol. The lowest BCUT2D eigenvalue weighted by molar-refractivity contribution is -0.122. The summed E-state index contributed by atoms with van der Waals surface area (Å²) in [6.45, 7) is 2.24. The van der Waals surface area contributed by atoms with Gasteiger partial charge in [0, 0.05) is 17.3 Å². The molecule has 0 unspecified atom stereocenters. The first-order chi connectivity index (χ1) is 15.0. The molecule has 7 nitrogen and oxygen atoms in total. The van der Waals surface area contributed by atoms with E-state index in [0.717, 1.165) is 21.4 Å². The van der Waals surface area contributed by atoms with Gasteiger partial charge in [0.1, 0.15) is 11.6 Å². The molecule has 0 bridgehead atoms. The van der Waals surface area contributed by atoms with Crippen molar-refractivity contribution < 1.29 is 4.79 Å². The Labute approximate surface area is 188 Å². The number of amides is 1. The second-order valence-corrected chi connectivity index (χ2v) is 8.49. The zero-order valence-electron chi connectivity index (χ0n) is 16.8. The second kappa shape index (κ2) is 9.36. The van der Waals surface area contributed by atoms with E-state index >= 15 is 0 Å². The fourth-order valence-electron chi connectivity index (χ4n) is 2.91. The maximum Gasteiger partial charge on any atom is 0.367 e. The summed E-state index contributed by atoms with van der Waals surface area (Å²) >= 11 is 7.41. The minimum absolute atomic E-state index is 0.165. The van der Waals surface area contributed by atoms with Crippen LogP contribution in [-0.2, 0) is 23.6 Å². The van der Waals surface area contributed by atoms with Gasteiger partial charge in [0.15, 0.2) is 5.65 Å². The molecule has 4 rings (SSSR count). The Morgan fingerprint density at radius 3 is 2.45 bits per heavy atom. The molecule has 2 aromatic heterocycles. The molecule has 0 radical (unpaired) electrons. The highest BCUT2D eigenvalue weighted by molar-refractivity contribution is 7.98. The highest BCUT2D eigenvalue weighted by Gasteiger charge is 2.12. The van der Waals surface area contributed by atoms with Gasteiger partial charge in [0.05, 0.1) is 0 Å². The van der Waals surface area contributed by atoms with Crippen LogP contribution < -0.4 is 11.0 Å². The molecule has 2 aromatic carbocycles. The number of hydrogen-bond donors (Lipinski definition) is 1. The number of aromatic nitrogens is 4. The summed E-state index contributed by atoms with van der Waals surface area (Å²) in [6, 6.07) is 19.0. The number of aryl methyl sites for hydroxylation is 1. The SMILES string of the molecule is Cc1ccc(CNC(=O)Cn2nc3ccc(SCc4ccc(Cl)cc4)nn3c2=O)cc1. The van der Waals surface area contributed by atoms with Crippen molar-refractivity contribution in [1.82, 2.24) is 24.7 Å². The molecule has 9 heteroatoms. The normalized spacial score (nSPS) is 11.0. The number of halogens is 1. The molecule has 0 aliphatic carbocycles. The third kappa shape index (κ3) is 5.34. The Kier molecular flexibility index (Phi) is 6.39. The van der Waals surface area contributed by atoms with Gasteiger partial charge in [-0.25, -0.2) is 9.48 Å². The molecule has 2 heterocycles. The van der Waals surface area contributed by atoms with Gasteiger partial charge < -0.3 is 5.32 Å². The van der Waals surface area contributed by atoms with E-state index < -0.39 is 5.69 Å². The molecular weight excluding hydrogens is 434 g/mol. The Bertz CT molecular complexity index is 1270. The van der Waals surface area contributed by atoms with Gasteiger partial charge in [0.25, 0.3) is 0 Å². The minimum Gasteiger partial charge on any atom is -0.350 e. The lowest BCUT2D eigenvalue weighted by atomic mass is 10.1. The molecule has 1 amide bonds. The third-order valence-corrected chi connectivity index (χ3v) is 5.86. The van der Waals surface area contributed by atoms with Crippen LogP contribution in [0.2, 0.25) is 5.02 Å². The molecule has 4 aromatic rings. The minimum atomic E-state index is -0.450. The second-order valence-electron chi connectivity index (χ2n) is 7.06. The Morgan fingerprint density at radius 1 is 1.00 bits per heavy atom. The lowest BCUT2D eigenvalue weighted by Crippen LogP contribution is -2.32. The van der Waals surface area contributed by atoms with Crippen molar-refractivity contribution in [3.63, 3.8) is 0 Å². The summed E-state index contributed by atoms with van der Waals surface area (Å²) in [5.74, 6) is 0.406. The molecule has 0 fully saturated rings. The molecule has 0 saturated carbocycles. The predicted octanol–water partition coefficient (Wildman–Crippen LogP) is 3.46. The summed E-state index contributed by atoms with van der Waals surface area (Å²) in [5, 5.41) is 12.8. The zero-order chi connectivity index (χ0) is 21.8. The first-order valence-electron chi connectivity index (χ1n) is 9.64. The summed E-state index contributed by atoms with van der Waals surface area (Å²) in [5.41, 5.74) is 3.20. The number of carbonyl (C=O) groups is 1. The summed E-state index contributed by atoms with van der Waals surface area (Å²) in [4.78, 5) is 24.9. The van der Waals surface area contributed by atoms with Gasteiger partial charge in [-0.2, -0.15) is 9.61 Å². The molecule has 158 valence electrons. The van der Waals surface area contributed by atoms with Crippen molar-refractivity contribution in [1.29, 1.82) is 0 Å². The van der Waals surface area contributed by atoms with E-state index in [4.69, 9.17) is 11.6 Å². The topological polar surface area (TPSA) is 81.3 Å². The quantitative estimate of drug-likeness (QED) is 0.433. The number of hydrogen-bond acceptors (Lipinski definition) is 5. The fourth-order valence-corrected chi connectivity index (χ4v) is 3.84. The first kappa shape index (κ1) is 21.1. The third-order valence-electron chi connectivity index (χ3n) is 4.62. The van der Waals surface area contributed by atoms with Crippen LogP contribution in [0.25, 0.3) is 5.65 Å². The highest BCUT2D eigenvalue weighted by atomic mass is 35.5. The maximum atomic E-state index is 12.6. The van der Waals surface area contributed by atoms with Crippen molar-refractivity contribution in [2.24, 2.45) is 0 Å². The Hall–Kier alpha value is -3.10. The van der Waals surface area contributed by atoms with Crippen molar-refractivity contribution in [2.45, 2.75) is 30.8 Å². The molecule has 0 atom stereocenters. The largest absolute Gasteiger partial charge is 0.367 e. The lowest BCUT2D eigenvalue weighted by Gasteiger charge is -2.05. The van der Waals surface area contributed by atoms with E-state index in [2.05, 4.69) is 15.5 Å². The monoisotopic (exact) mass is 453 g/mol. The molecule has 0 aliphatic rings. The van der Waals surface area contributed by atoms with Gasteiger partial charge in [-0.15, -0.1) is 5.10 Å². The van der Waals surface area contributed by atoms with Crippen LogP contribution in [0.1, 0.15) is 16.7 Å². The van der Waals surface area contributed by atoms with E-state index in [-0.39, 0.29) is 12.5 Å². The van der Waals surface area contributed by atoms with Crippen LogP contribution in [-0.4, -0.2) is 25.3 Å². The van der Waals surface area contributed by atoms with E-state index in [1.807, 2.05) is 61.5 Å². The van der Waals surface area contributed by atoms with Crippen LogP contribution in [0.5, 0.6) is 0 Å². The Balaban J connectivity index is 1.41. The molecule has 1 N–H and O–H groups in total. The van der Waals surface area contributed by atoms with Gasteiger partial charge in [-0.3, -0.25) is 4.79 Å². The van der Waals surface area contributed by atoms with Gasteiger partial charge in [-0.05, 0) is 42.3 Å². The number of thioether (sulfide) groups is 1. The van der Waals surface area contributed by atoms with Gasteiger partial charge >= 0.3 is 5.69 Å². The van der Waals surface area contributed by atoms with Crippen molar-refractivity contribution in [2.75, 3.05) is 0 Å². The van der Waals surface area contributed by atoms with Crippen LogP contribution in [0.4, 0.5) is 0 Å². The molecule has 0 aliphatic heterocycles. The standard InChI is InChI=1S/C22H20ClN5O2S/c1-15-2-4-16(5-3-15)12-24-20(29)13-27-22(30)28-19(25-27)10-11-21(26-28)31-14-17-6-8-18(23)9-7-17/h2-11H,12-14H2,1H3,(H,24,29). The van der Waals surface area contributed by atoms with Gasteiger partial charge in [-0.1, -0.05) is 65.3 Å². The number of rotatable bonds is 7. The van der Waals surface area contributed by atoms with Crippen molar-refractivity contribution in [3.05, 3.63) is 92.9 Å². The number of nitrogens with one attached hydrogen (secondary N) is 1.